The average molecular weight is 311 g/mol. The Morgan fingerprint density at radius 1 is 1.36 bits per heavy atom. The van der Waals surface area contributed by atoms with Crippen molar-refractivity contribution in [3.8, 4) is 0 Å². The summed E-state index contributed by atoms with van der Waals surface area (Å²) in [5.41, 5.74) is 0.840. The van der Waals surface area contributed by atoms with Crippen LogP contribution in [-0.2, 0) is 14.4 Å². The number of hydrogen-bond donors (Lipinski definition) is 3. The zero-order valence-corrected chi connectivity index (χ0v) is 13.1. The van der Waals surface area contributed by atoms with Gasteiger partial charge in [0, 0.05) is 19.0 Å². The third kappa shape index (κ3) is 3.97. The van der Waals surface area contributed by atoms with Crippen molar-refractivity contribution in [2.45, 2.75) is 57.9 Å². The van der Waals surface area contributed by atoms with E-state index < -0.39 is 11.3 Å². The molecular formula is C15H25N3O4. The highest BCUT2D eigenvalue weighted by Gasteiger charge is 2.47. The summed E-state index contributed by atoms with van der Waals surface area (Å²) in [5, 5.41) is 11.6. The molecule has 0 spiro atoms. The first-order chi connectivity index (χ1) is 10.5. The lowest BCUT2D eigenvalue weighted by molar-refractivity contribution is -0.144. The number of unbranched alkanes of at least 4 members (excludes halogenated alkanes) is 1. The summed E-state index contributed by atoms with van der Waals surface area (Å²) >= 11 is 0. The topological polar surface area (TPSA) is 98.7 Å². The van der Waals surface area contributed by atoms with Crippen molar-refractivity contribution in [1.82, 2.24) is 15.7 Å². The van der Waals surface area contributed by atoms with Gasteiger partial charge in [-0.3, -0.25) is 19.6 Å². The predicted octanol–water partition coefficient (Wildman–Crippen LogP) is 0.569. The summed E-state index contributed by atoms with van der Waals surface area (Å²) in [6.07, 6.45) is 4.92. The van der Waals surface area contributed by atoms with Crippen LogP contribution in [0.4, 0.5) is 0 Å². The van der Waals surface area contributed by atoms with Gasteiger partial charge >= 0.3 is 0 Å². The molecule has 3 amide bonds. The van der Waals surface area contributed by atoms with Gasteiger partial charge in [-0.15, -0.1) is 0 Å². The number of carbonyl (C=O) groups is 3. The van der Waals surface area contributed by atoms with Crippen molar-refractivity contribution in [1.29, 1.82) is 0 Å². The van der Waals surface area contributed by atoms with E-state index in [4.69, 9.17) is 5.21 Å². The molecule has 1 saturated carbocycles. The minimum Gasteiger partial charge on any atom is -0.352 e. The van der Waals surface area contributed by atoms with E-state index in [-0.39, 0.29) is 30.8 Å². The molecule has 2 rings (SSSR count). The Bertz CT molecular complexity index is 450. The Morgan fingerprint density at radius 3 is 2.68 bits per heavy atom. The minimum atomic E-state index is -0.775. The van der Waals surface area contributed by atoms with Crippen LogP contribution in [0.25, 0.3) is 0 Å². The predicted molar refractivity (Wildman–Crippen MR) is 78.9 cm³/mol. The molecule has 0 aromatic heterocycles. The molecule has 1 atom stereocenters. The van der Waals surface area contributed by atoms with E-state index in [9.17, 15) is 14.4 Å². The second kappa shape index (κ2) is 7.09. The van der Waals surface area contributed by atoms with Crippen LogP contribution < -0.4 is 10.8 Å². The number of hydrogen-bond acceptors (Lipinski definition) is 4. The quantitative estimate of drug-likeness (QED) is 0.451. The van der Waals surface area contributed by atoms with E-state index >= 15 is 0 Å². The summed E-state index contributed by atoms with van der Waals surface area (Å²) in [5.74, 6) is -0.821. The van der Waals surface area contributed by atoms with Crippen molar-refractivity contribution in [2.24, 2.45) is 5.41 Å². The normalized spacial score (nSPS) is 24.5. The summed E-state index contributed by atoms with van der Waals surface area (Å²) in [4.78, 5) is 37.7. The number of amides is 3. The molecule has 124 valence electrons. The Labute approximate surface area is 130 Å². The molecule has 1 unspecified atom stereocenters. The molecule has 7 heteroatoms. The summed E-state index contributed by atoms with van der Waals surface area (Å²) in [6.45, 7) is 2.57. The summed E-state index contributed by atoms with van der Waals surface area (Å²) in [6, 6.07) is 0.273. The fraction of sp³-hybridized carbons (Fsp3) is 0.800. The minimum absolute atomic E-state index is 0.0247. The van der Waals surface area contributed by atoms with Gasteiger partial charge in [-0.25, -0.2) is 5.48 Å². The van der Waals surface area contributed by atoms with Gasteiger partial charge in [-0.2, -0.15) is 0 Å². The molecule has 2 aliphatic rings. The molecular weight excluding hydrogens is 286 g/mol. The van der Waals surface area contributed by atoms with Gasteiger partial charge in [-0.05, 0) is 25.7 Å². The summed E-state index contributed by atoms with van der Waals surface area (Å²) < 4.78 is 0. The Kier molecular flexibility index (Phi) is 5.39. The lowest BCUT2D eigenvalue weighted by Crippen LogP contribution is -2.43. The second-order valence-corrected chi connectivity index (χ2v) is 6.41. The zero-order valence-electron chi connectivity index (χ0n) is 13.1. The van der Waals surface area contributed by atoms with Gasteiger partial charge in [0.15, 0.2) is 0 Å². The molecule has 0 aromatic rings. The lowest BCUT2D eigenvalue weighted by atomic mass is 9.78. The third-order valence-electron chi connectivity index (χ3n) is 4.51. The number of nitrogens with one attached hydrogen (secondary N) is 2. The van der Waals surface area contributed by atoms with Gasteiger partial charge in [0.25, 0.3) is 0 Å². The van der Waals surface area contributed by atoms with Gasteiger partial charge in [0.1, 0.15) is 0 Å². The van der Waals surface area contributed by atoms with Gasteiger partial charge < -0.3 is 10.2 Å². The van der Waals surface area contributed by atoms with Crippen LogP contribution in [0.15, 0.2) is 0 Å². The molecule has 7 nitrogen and oxygen atoms in total. The number of hydroxylamine groups is 1. The number of likely N-dealkylation sites (tertiary alicyclic amines) is 1. The first-order valence-corrected chi connectivity index (χ1v) is 8.02. The molecule has 1 heterocycles. The monoisotopic (exact) mass is 311 g/mol. The molecule has 3 N–H and O–H groups in total. The average Bonchev–Trinajstić information content (AvgIpc) is 3.26. The Balaban J connectivity index is 1.99. The van der Waals surface area contributed by atoms with Gasteiger partial charge in [-0.1, -0.05) is 19.8 Å². The first kappa shape index (κ1) is 16.7. The highest BCUT2D eigenvalue weighted by Crippen LogP contribution is 2.40. The largest absolute Gasteiger partial charge is 0.352 e. The maximum absolute atomic E-state index is 12.7. The third-order valence-corrected chi connectivity index (χ3v) is 4.51. The van der Waals surface area contributed by atoms with Crippen LogP contribution in [0.2, 0.25) is 0 Å². The van der Waals surface area contributed by atoms with Gasteiger partial charge in [0.2, 0.25) is 17.7 Å². The van der Waals surface area contributed by atoms with Crippen LogP contribution in [-0.4, -0.2) is 47.0 Å². The standard InChI is InChI=1S/C15H25N3O4/c1-2-3-6-15(9-12(19)17-22)7-8-18(14(15)21)10-13(20)16-11-4-5-11/h11,22H,2-10H2,1H3,(H,16,20)(H,17,19). The number of carbonyl (C=O) groups excluding carboxylic acids is 3. The molecule has 1 aliphatic carbocycles. The van der Waals surface area contributed by atoms with Crippen LogP contribution in [0.3, 0.4) is 0 Å². The lowest BCUT2D eigenvalue weighted by Gasteiger charge is -2.26. The molecule has 22 heavy (non-hydrogen) atoms. The second-order valence-electron chi connectivity index (χ2n) is 6.41. The molecule has 2 fully saturated rings. The number of rotatable bonds is 8. The van der Waals surface area contributed by atoms with Crippen LogP contribution in [0, 0.1) is 5.41 Å². The fourth-order valence-electron chi connectivity index (χ4n) is 3.06. The van der Waals surface area contributed by atoms with Crippen molar-refractivity contribution < 1.29 is 19.6 Å². The maximum Gasteiger partial charge on any atom is 0.244 e. The highest BCUT2D eigenvalue weighted by atomic mass is 16.5. The zero-order chi connectivity index (χ0) is 16.2. The van der Waals surface area contributed by atoms with Gasteiger partial charge in [0.05, 0.1) is 12.0 Å². The Hall–Kier alpha value is -1.63. The summed E-state index contributed by atoms with van der Waals surface area (Å²) in [7, 11) is 0. The smallest absolute Gasteiger partial charge is 0.244 e. The number of nitrogens with zero attached hydrogens (tertiary/aromatic N) is 1. The van der Waals surface area contributed by atoms with Crippen LogP contribution in [0.5, 0.6) is 0 Å². The molecule has 0 aromatic carbocycles. The molecule has 0 radical (unpaired) electrons. The van der Waals surface area contributed by atoms with E-state index in [2.05, 4.69) is 5.32 Å². The van der Waals surface area contributed by atoms with E-state index in [0.29, 0.717) is 19.4 Å². The van der Waals surface area contributed by atoms with Crippen molar-refractivity contribution in [3.63, 3.8) is 0 Å². The van der Waals surface area contributed by atoms with Crippen molar-refractivity contribution in [2.75, 3.05) is 13.1 Å². The van der Waals surface area contributed by atoms with E-state index in [0.717, 1.165) is 25.7 Å². The van der Waals surface area contributed by atoms with Crippen LogP contribution >= 0.6 is 0 Å². The molecule has 1 aliphatic heterocycles. The molecule has 0 bridgehead atoms. The van der Waals surface area contributed by atoms with Crippen molar-refractivity contribution >= 4 is 17.7 Å². The van der Waals surface area contributed by atoms with Crippen molar-refractivity contribution in [3.05, 3.63) is 0 Å². The van der Waals surface area contributed by atoms with E-state index in [1.165, 1.54) is 4.90 Å². The maximum atomic E-state index is 12.7. The Morgan fingerprint density at radius 2 is 2.09 bits per heavy atom. The first-order valence-electron chi connectivity index (χ1n) is 8.02. The van der Waals surface area contributed by atoms with Crippen LogP contribution in [0.1, 0.15) is 51.9 Å². The SMILES string of the molecule is CCCCC1(CC(=O)NO)CCN(CC(=O)NC2CC2)C1=O. The molecule has 1 saturated heterocycles. The fourth-order valence-corrected chi connectivity index (χ4v) is 3.06. The van der Waals surface area contributed by atoms with E-state index in [1.807, 2.05) is 6.92 Å². The van der Waals surface area contributed by atoms with E-state index in [1.54, 1.807) is 5.48 Å². The highest BCUT2D eigenvalue weighted by molar-refractivity contribution is 5.93.